The van der Waals surface area contributed by atoms with Crippen LogP contribution in [0.1, 0.15) is 36.8 Å². The Morgan fingerprint density at radius 3 is 2.31 bits per heavy atom. The smallest absolute Gasteiger partial charge is 0.173 e. The van der Waals surface area contributed by atoms with Gasteiger partial charge in [0.2, 0.25) is 0 Å². The maximum Gasteiger partial charge on any atom is 0.173 e. The number of para-hydroxylation sites is 1. The number of hydrogen-bond donors (Lipinski definition) is 0. The van der Waals surface area contributed by atoms with Gasteiger partial charge in [0.25, 0.3) is 0 Å². The number of carbonyl (C=O) groups excluding carboxylic acids is 1. The summed E-state index contributed by atoms with van der Waals surface area (Å²) in [5, 5.41) is 2.07. The topological polar surface area (TPSA) is 39.2 Å². The minimum atomic E-state index is 0.0356. The Morgan fingerprint density at radius 1 is 1.04 bits per heavy atom. The van der Waals surface area contributed by atoms with Crippen molar-refractivity contribution in [3.8, 4) is 11.5 Å². The lowest BCUT2D eigenvalue weighted by Crippen LogP contribution is -2.11. The zero-order valence-electron chi connectivity index (χ0n) is 15.1. The number of carbonyl (C=O) groups is 1. The third kappa shape index (κ3) is 4.96. The third-order valence-electron chi connectivity index (χ3n) is 3.73. The molecule has 0 amide bonds. The summed E-state index contributed by atoms with van der Waals surface area (Å²) in [4.78, 5) is 17.0. The fourth-order valence-electron chi connectivity index (χ4n) is 2.21. The molecule has 0 aliphatic heterocycles. The van der Waals surface area contributed by atoms with Crippen molar-refractivity contribution in [2.75, 3.05) is 5.75 Å². The number of hydrogen-bond acceptors (Lipinski definition) is 5. The predicted octanol–water partition coefficient (Wildman–Crippen LogP) is 6.21. The first-order valence-corrected chi connectivity index (χ1v) is 10.2. The van der Waals surface area contributed by atoms with E-state index in [1.807, 2.05) is 54.6 Å². The monoisotopic (exact) mass is 383 g/mol. The normalized spacial score (nSPS) is 11.3. The average Bonchev–Trinajstić information content (AvgIpc) is 3.11. The van der Waals surface area contributed by atoms with Gasteiger partial charge in [-0.25, -0.2) is 4.98 Å². The highest BCUT2D eigenvalue weighted by molar-refractivity contribution is 8.01. The van der Waals surface area contributed by atoms with Gasteiger partial charge in [-0.15, -0.1) is 11.3 Å². The van der Waals surface area contributed by atoms with E-state index >= 15 is 0 Å². The fraction of sp³-hybridized carbons (Fsp3) is 0.238. The van der Waals surface area contributed by atoms with Crippen LogP contribution in [0.3, 0.4) is 0 Å². The SMILES string of the molecule is CC(C)(C)c1csc(SCC(=O)c2ccc(Oc3ccccc3)cc2)n1. The minimum Gasteiger partial charge on any atom is -0.457 e. The third-order valence-corrected chi connectivity index (χ3v) is 5.75. The molecule has 0 N–H and O–H groups in total. The van der Waals surface area contributed by atoms with E-state index in [2.05, 4.69) is 31.1 Å². The molecule has 0 spiro atoms. The molecule has 26 heavy (non-hydrogen) atoms. The van der Waals surface area contributed by atoms with Crippen LogP contribution in [0.5, 0.6) is 11.5 Å². The van der Waals surface area contributed by atoms with Crippen molar-refractivity contribution in [3.63, 3.8) is 0 Å². The molecule has 0 saturated heterocycles. The molecule has 2 aromatic carbocycles. The van der Waals surface area contributed by atoms with Crippen LogP contribution in [0, 0.1) is 0 Å². The highest BCUT2D eigenvalue weighted by atomic mass is 32.2. The van der Waals surface area contributed by atoms with Gasteiger partial charge in [-0.1, -0.05) is 50.7 Å². The van der Waals surface area contributed by atoms with Crippen molar-refractivity contribution >= 4 is 28.9 Å². The number of Topliss-reactive ketones (excluding diaryl/α,β-unsaturated/α-hetero) is 1. The molecule has 3 nitrogen and oxygen atoms in total. The lowest BCUT2D eigenvalue weighted by atomic mass is 9.93. The van der Waals surface area contributed by atoms with Gasteiger partial charge in [0.15, 0.2) is 10.1 Å². The Bertz CT molecular complexity index is 865. The van der Waals surface area contributed by atoms with E-state index < -0.39 is 0 Å². The number of aromatic nitrogens is 1. The summed E-state index contributed by atoms with van der Waals surface area (Å²) in [6.07, 6.45) is 0. The quantitative estimate of drug-likeness (QED) is 0.375. The second-order valence-electron chi connectivity index (χ2n) is 6.90. The highest BCUT2D eigenvalue weighted by Gasteiger charge is 2.18. The number of benzene rings is 2. The first-order valence-electron chi connectivity index (χ1n) is 8.37. The molecule has 1 aromatic heterocycles. The summed E-state index contributed by atoms with van der Waals surface area (Å²) in [6, 6.07) is 16.9. The van der Waals surface area contributed by atoms with Crippen molar-refractivity contribution in [3.05, 3.63) is 71.2 Å². The Kier molecular flexibility index (Phi) is 5.79. The van der Waals surface area contributed by atoms with E-state index in [-0.39, 0.29) is 11.2 Å². The summed E-state index contributed by atoms with van der Waals surface area (Å²) in [7, 11) is 0. The van der Waals surface area contributed by atoms with E-state index in [1.165, 1.54) is 11.8 Å². The van der Waals surface area contributed by atoms with Gasteiger partial charge in [0.05, 0.1) is 11.4 Å². The summed E-state index contributed by atoms with van der Waals surface area (Å²) in [5.41, 5.74) is 1.79. The van der Waals surface area contributed by atoms with Crippen LogP contribution in [0.4, 0.5) is 0 Å². The van der Waals surface area contributed by atoms with Crippen molar-refractivity contribution in [1.82, 2.24) is 4.98 Å². The van der Waals surface area contributed by atoms with Crippen LogP contribution >= 0.6 is 23.1 Å². The molecule has 1 heterocycles. The molecule has 0 fully saturated rings. The maximum atomic E-state index is 12.4. The number of thioether (sulfide) groups is 1. The number of nitrogens with zero attached hydrogens (tertiary/aromatic N) is 1. The van der Waals surface area contributed by atoms with Crippen LogP contribution in [-0.2, 0) is 5.41 Å². The van der Waals surface area contributed by atoms with Gasteiger partial charge in [-0.3, -0.25) is 4.79 Å². The Hall–Kier alpha value is -2.11. The van der Waals surface area contributed by atoms with Crippen LogP contribution in [-0.4, -0.2) is 16.5 Å². The van der Waals surface area contributed by atoms with Gasteiger partial charge in [0.1, 0.15) is 11.5 Å². The van der Waals surface area contributed by atoms with Gasteiger partial charge in [0, 0.05) is 16.4 Å². The second kappa shape index (κ2) is 8.06. The molecule has 3 rings (SSSR count). The van der Waals surface area contributed by atoms with Crippen LogP contribution in [0.15, 0.2) is 64.3 Å². The standard InChI is InChI=1S/C21H21NO2S2/c1-21(2,3)19-14-26-20(22-19)25-13-18(23)15-9-11-17(12-10-15)24-16-7-5-4-6-8-16/h4-12,14H,13H2,1-3H3. The zero-order chi connectivity index (χ0) is 18.6. The molecule has 0 bridgehead atoms. The van der Waals surface area contributed by atoms with E-state index in [0.29, 0.717) is 11.3 Å². The fourth-order valence-corrected chi connectivity index (χ4v) is 4.16. The largest absolute Gasteiger partial charge is 0.457 e. The molecule has 5 heteroatoms. The Morgan fingerprint density at radius 2 is 1.69 bits per heavy atom. The van der Waals surface area contributed by atoms with Crippen LogP contribution in [0.2, 0.25) is 0 Å². The molecule has 0 atom stereocenters. The van der Waals surface area contributed by atoms with Crippen LogP contribution in [0.25, 0.3) is 0 Å². The first-order chi connectivity index (χ1) is 12.4. The van der Waals surface area contributed by atoms with Crippen LogP contribution < -0.4 is 4.74 Å². The van der Waals surface area contributed by atoms with Crippen molar-refractivity contribution in [2.24, 2.45) is 0 Å². The number of rotatable bonds is 6. The van der Waals surface area contributed by atoms with Gasteiger partial charge in [-0.2, -0.15) is 0 Å². The summed E-state index contributed by atoms with van der Waals surface area (Å²) in [5.74, 6) is 1.97. The molecule has 3 aromatic rings. The van der Waals surface area contributed by atoms with Gasteiger partial charge < -0.3 is 4.74 Å². The summed E-state index contributed by atoms with van der Waals surface area (Å²) < 4.78 is 6.69. The molecule has 0 radical (unpaired) electrons. The summed E-state index contributed by atoms with van der Waals surface area (Å²) in [6.45, 7) is 6.42. The maximum absolute atomic E-state index is 12.4. The number of ether oxygens (including phenoxy) is 1. The van der Waals surface area contributed by atoms with Gasteiger partial charge in [-0.05, 0) is 36.4 Å². The number of thiazole rings is 1. The van der Waals surface area contributed by atoms with E-state index in [4.69, 9.17) is 4.74 Å². The van der Waals surface area contributed by atoms with E-state index in [1.54, 1.807) is 11.3 Å². The first kappa shape index (κ1) is 18.7. The zero-order valence-corrected chi connectivity index (χ0v) is 16.7. The highest BCUT2D eigenvalue weighted by Crippen LogP contribution is 2.29. The molecular formula is C21H21NO2S2. The van der Waals surface area contributed by atoms with E-state index in [9.17, 15) is 4.79 Å². The molecule has 134 valence electrons. The molecule has 0 unspecified atom stereocenters. The van der Waals surface area contributed by atoms with Crippen molar-refractivity contribution < 1.29 is 9.53 Å². The molecule has 0 aliphatic carbocycles. The minimum absolute atomic E-state index is 0.0356. The van der Waals surface area contributed by atoms with Gasteiger partial charge >= 0.3 is 0 Å². The second-order valence-corrected chi connectivity index (χ2v) is 8.98. The van der Waals surface area contributed by atoms with Crippen molar-refractivity contribution in [2.45, 2.75) is 30.5 Å². The molecule has 0 saturated carbocycles. The Balaban J connectivity index is 1.57. The lowest BCUT2D eigenvalue weighted by Gasteiger charge is -2.14. The lowest BCUT2D eigenvalue weighted by molar-refractivity contribution is 0.102. The molecule has 0 aliphatic rings. The Labute approximate surface area is 162 Å². The number of ketones is 1. The summed E-state index contributed by atoms with van der Waals surface area (Å²) >= 11 is 3.09. The predicted molar refractivity (Wildman–Crippen MR) is 109 cm³/mol. The average molecular weight is 384 g/mol. The molecular weight excluding hydrogens is 362 g/mol. The van der Waals surface area contributed by atoms with E-state index in [0.717, 1.165) is 21.5 Å². The van der Waals surface area contributed by atoms with Crippen molar-refractivity contribution in [1.29, 1.82) is 0 Å².